The largest absolute Gasteiger partial charge is 0.481 e. The van der Waals surface area contributed by atoms with E-state index in [2.05, 4.69) is 13.8 Å². The van der Waals surface area contributed by atoms with Crippen molar-refractivity contribution in [3.63, 3.8) is 0 Å². The second kappa shape index (κ2) is 9.02. The third-order valence-electron chi connectivity index (χ3n) is 7.11. The number of halogens is 3. The van der Waals surface area contributed by atoms with E-state index in [9.17, 15) is 28.2 Å². The van der Waals surface area contributed by atoms with Gasteiger partial charge in [-0.3, -0.25) is 4.79 Å². The average molecular weight is 453 g/mol. The molecule has 1 saturated carbocycles. The Morgan fingerprint density at radius 3 is 2.22 bits per heavy atom. The van der Waals surface area contributed by atoms with Crippen LogP contribution in [0, 0.1) is 10.8 Å². The van der Waals surface area contributed by atoms with Gasteiger partial charge >= 0.3 is 12.1 Å². The molecule has 0 spiro atoms. The summed E-state index contributed by atoms with van der Waals surface area (Å²) >= 11 is 0. The molecular weight excluding hydrogens is 421 g/mol. The third kappa shape index (κ3) is 5.62. The number of benzene rings is 1. The third-order valence-corrected chi connectivity index (χ3v) is 7.11. The SMILES string of the molecule is CC12CCC(C)(CC1)C(/C=C/C(O)CC(O)CC(=O)O)=C(c1ccc(C(F)(F)F)cc1)C2. The summed E-state index contributed by atoms with van der Waals surface area (Å²) in [5.74, 6) is -1.14. The summed E-state index contributed by atoms with van der Waals surface area (Å²) in [4.78, 5) is 10.7. The number of hydrogen-bond donors (Lipinski definition) is 3. The van der Waals surface area contributed by atoms with Gasteiger partial charge in [-0.25, -0.2) is 0 Å². The number of fused-ring (bicyclic) bond motifs is 3. The number of aliphatic hydroxyl groups is 2. The number of aliphatic carboxylic acids is 1. The molecule has 4 nitrogen and oxygen atoms in total. The van der Waals surface area contributed by atoms with Crippen molar-refractivity contribution in [1.82, 2.24) is 0 Å². The lowest BCUT2D eigenvalue weighted by molar-refractivity contribution is -0.139. The van der Waals surface area contributed by atoms with Gasteiger partial charge in [-0.05, 0) is 71.8 Å². The summed E-state index contributed by atoms with van der Waals surface area (Å²) in [6.45, 7) is 4.38. The van der Waals surface area contributed by atoms with Crippen LogP contribution in [0.15, 0.2) is 42.0 Å². The second-order valence-electron chi connectivity index (χ2n) is 9.93. The topological polar surface area (TPSA) is 77.8 Å². The number of hydrogen-bond acceptors (Lipinski definition) is 3. The van der Waals surface area contributed by atoms with Gasteiger partial charge in [0.1, 0.15) is 0 Å². The molecule has 0 heterocycles. The minimum absolute atomic E-state index is 0.0728. The minimum atomic E-state index is -4.39. The fourth-order valence-corrected chi connectivity index (χ4v) is 5.01. The summed E-state index contributed by atoms with van der Waals surface area (Å²) < 4.78 is 39.1. The molecule has 0 saturated heterocycles. The van der Waals surface area contributed by atoms with Gasteiger partial charge in [-0.15, -0.1) is 0 Å². The highest BCUT2D eigenvalue weighted by molar-refractivity contribution is 5.74. The van der Waals surface area contributed by atoms with E-state index in [1.54, 1.807) is 6.08 Å². The molecule has 2 bridgehead atoms. The number of alkyl halides is 3. The predicted molar refractivity (Wildman–Crippen MR) is 116 cm³/mol. The molecule has 0 amide bonds. The van der Waals surface area contributed by atoms with Gasteiger partial charge in [0.05, 0.1) is 24.2 Å². The highest BCUT2D eigenvalue weighted by Gasteiger charge is 2.44. The van der Waals surface area contributed by atoms with Gasteiger partial charge in [-0.1, -0.05) is 38.1 Å². The van der Waals surface area contributed by atoms with Crippen LogP contribution in [0.25, 0.3) is 5.57 Å². The Bertz CT molecular complexity index is 891. The fourth-order valence-electron chi connectivity index (χ4n) is 5.01. The number of rotatable bonds is 7. The van der Waals surface area contributed by atoms with Crippen LogP contribution in [0.3, 0.4) is 0 Å². The van der Waals surface area contributed by atoms with Crippen molar-refractivity contribution in [2.45, 2.75) is 77.2 Å². The van der Waals surface area contributed by atoms with Crippen LogP contribution in [0.1, 0.15) is 69.9 Å². The average Bonchev–Trinajstić information content (AvgIpc) is 2.86. The van der Waals surface area contributed by atoms with Crippen LogP contribution in [-0.2, 0) is 11.0 Å². The highest BCUT2D eigenvalue weighted by Crippen LogP contribution is 2.58. The fraction of sp³-hybridized carbons (Fsp3) is 0.560. The van der Waals surface area contributed by atoms with E-state index in [0.29, 0.717) is 0 Å². The van der Waals surface area contributed by atoms with Crippen LogP contribution < -0.4 is 0 Å². The van der Waals surface area contributed by atoms with Crippen LogP contribution in [0.4, 0.5) is 13.2 Å². The van der Waals surface area contributed by atoms with Gasteiger partial charge < -0.3 is 15.3 Å². The maximum atomic E-state index is 13.0. The quantitative estimate of drug-likeness (QED) is 0.504. The summed E-state index contributed by atoms with van der Waals surface area (Å²) in [5.41, 5.74) is 1.97. The zero-order valence-electron chi connectivity index (χ0n) is 18.5. The zero-order chi connectivity index (χ0) is 23.7. The Hall–Kier alpha value is -2.12. The molecule has 2 atom stereocenters. The van der Waals surface area contributed by atoms with Crippen molar-refractivity contribution in [2.24, 2.45) is 10.8 Å². The number of carboxylic acids is 1. The van der Waals surface area contributed by atoms with E-state index in [-0.39, 0.29) is 17.3 Å². The van der Waals surface area contributed by atoms with Crippen molar-refractivity contribution < 1.29 is 33.3 Å². The van der Waals surface area contributed by atoms with Crippen molar-refractivity contribution in [1.29, 1.82) is 0 Å². The van der Waals surface area contributed by atoms with Gasteiger partial charge in [0.15, 0.2) is 0 Å². The normalized spacial score (nSPS) is 28.1. The maximum Gasteiger partial charge on any atom is 0.416 e. The van der Waals surface area contributed by atoms with E-state index in [4.69, 9.17) is 5.11 Å². The first-order chi connectivity index (χ1) is 14.8. The Morgan fingerprint density at radius 2 is 1.69 bits per heavy atom. The second-order valence-corrected chi connectivity index (χ2v) is 9.93. The van der Waals surface area contributed by atoms with Gasteiger partial charge in [0.2, 0.25) is 0 Å². The van der Waals surface area contributed by atoms with E-state index < -0.39 is 36.3 Å². The molecule has 4 rings (SSSR count). The lowest BCUT2D eigenvalue weighted by Gasteiger charge is -2.40. The van der Waals surface area contributed by atoms with Crippen LogP contribution in [0.5, 0.6) is 0 Å². The molecular formula is C25H31F3O4. The monoisotopic (exact) mass is 452 g/mol. The molecule has 1 aromatic carbocycles. The summed E-state index contributed by atoms with van der Waals surface area (Å²) in [5, 5.41) is 28.9. The lowest BCUT2D eigenvalue weighted by atomic mass is 9.65. The Labute approximate surface area is 186 Å². The smallest absolute Gasteiger partial charge is 0.416 e. The molecule has 0 aromatic heterocycles. The molecule has 3 aliphatic carbocycles. The highest BCUT2D eigenvalue weighted by atomic mass is 19.4. The van der Waals surface area contributed by atoms with Crippen molar-refractivity contribution in [3.05, 3.63) is 53.1 Å². The van der Waals surface area contributed by atoms with E-state index in [0.717, 1.165) is 60.9 Å². The van der Waals surface area contributed by atoms with Crippen LogP contribution in [0.2, 0.25) is 0 Å². The molecule has 32 heavy (non-hydrogen) atoms. The van der Waals surface area contributed by atoms with Crippen molar-refractivity contribution >= 4 is 11.5 Å². The first kappa shape index (κ1) is 24.5. The standard InChI is InChI=1S/C25H31F3O4/c1-23-9-11-24(2,12-10-23)21(8-7-18(29)13-19(30)14-22(31)32)20(15-23)16-3-5-17(6-4-16)25(26,27)28/h3-8,18-19,29-30H,9-15H2,1-2H3,(H,31,32)/b8-7+. The predicted octanol–water partition coefficient (Wildman–Crippen LogP) is 5.59. The lowest BCUT2D eigenvalue weighted by Crippen LogP contribution is -2.28. The Kier molecular flexibility index (Phi) is 6.91. The molecule has 3 aliphatic rings. The molecule has 1 aromatic rings. The van der Waals surface area contributed by atoms with Gasteiger partial charge in [-0.2, -0.15) is 13.2 Å². The zero-order valence-corrected chi connectivity index (χ0v) is 18.5. The number of carbonyl (C=O) groups is 1. The minimum Gasteiger partial charge on any atom is -0.481 e. The molecule has 0 aliphatic heterocycles. The summed E-state index contributed by atoms with van der Waals surface area (Å²) in [6.07, 6.45) is 0.966. The summed E-state index contributed by atoms with van der Waals surface area (Å²) in [7, 11) is 0. The van der Waals surface area contributed by atoms with Crippen LogP contribution in [-0.4, -0.2) is 33.5 Å². The number of carboxylic acid groups (broad SMARTS) is 1. The van der Waals surface area contributed by atoms with Crippen LogP contribution >= 0.6 is 0 Å². The van der Waals surface area contributed by atoms with Gasteiger partial charge in [0, 0.05) is 6.42 Å². The van der Waals surface area contributed by atoms with E-state index in [1.807, 2.05) is 6.08 Å². The first-order valence-electron chi connectivity index (χ1n) is 11.0. The van der Waals surface area contributed by atoms with Gasteiger partial charge in [0.25, 0.3) is 0 Å². The molecule has 3 N–H and O–H groups in total. The Morgan fingerprint density at radius 1 is 1.09 bits per heavy atom. The van der Waals surface area contributed by atoms with E-state index >= 15 is 0 Å². The Balaban J connectivity index is 1.97. The molecule has 2 unspecified atom stereocenters. The van der Waals surface area contributed by atoms with Crippen molar-refractivity contribution in [2.75, 3.05) is 0 Å². The molecule has 7 heteroatoms. The first-order valence-corrected chi connectivity index (χ1v) is 11.0. The molecule has 1 fully saturated rings. The summed E-state index contributed by atoms with van der Waals surface area (Å²) in [6, 6.07) is 5.27. The molecule has 0 radical (unpaired) electrons. The maximum absolute atomic E-state index is 13.0. The number of aliphatic hydroxyl groups excluding tert-OH is 2. The molecule has 176 valence electrons. The van der Waals surface area contributed by atoms with Crippen molar-refractivity contribution in [3.8, 4) is 0 Å². The number of allylic oxidation sites excluding steroid dienone is 3. The van der Waals surface area contributed by atoms with E-state index in [1.165, 1.54) is 12.1 Å².